The first-order valence-electron chi connectivity index (χ1n) is 4.79. The van der Waals surface area contributed by atoms with E-state index in [1.807, 2.05) is 13.8 Å². The van der Waals surface area contributed by atoms with Gasteiger partial charge in [-0.2, -0.15) is 9.67 Å². The molecule has 2 heterocycles. The lowest BCUT2D eigenvalue weighted by Gasteiger charge is -2.22. The number of aryl methyl sites for hydroxylation is 1. The van der Waals surface area contributed by atoms with Crippen LogP contribution in [0, 0.1) is 18.8 Å². The fraction of sp³-hybridized carbons (Fsp3) is 0.556. The maximum atomic E-state index is 11.9. The third-order valence-electron chi connectivity index (χ3n) is 2.37. The zero-order valence-electron chi connectivity index (χ0n) is 8.81. The van der Waals surface area contributed by atoms with E-state index in [-0.39, 0.29) is 23.7 Å². The van der Waals surface area contributed by atoms with Crippen LogP contribution in [0.4, 0.5) is 5.95 Å². The highest BCUT2D eigenvalue weighted by Gasteiger charge is 2.38. The van der Waals surface area contributed by atoms with E-state index in [0.717, 1.165) is 0 Å². The predicted molar refractivity (Wildman–Crippen MR) is 52.3 cm³/mol. The Morgan fingerprint density at radius 3 is 2.67 bits per heavy atom. The molecule has 1 aliphatic rings. The second kappa shape index (κ2) is 3.15. The third kappa shape index (κ3) is 1.42. The van der Waals surface area contributed by atoms with Crippen molar-refractivity contribution in [3.8, 4) is 0 Å². The Bertz CT molecular complexity index is 435. The van der Waals surface area contributed by atoms with E-state index < -0.39 is 5.92 Å². The molecule has 0 saturated heterocycles. The third-order valence-corrected chi connectivity index (χ3v) is 2.37. The molecular formula is C9H12N4O2. The van der Waals surface area contributed by atoms with Gasteiger partial charge in [-0.1, -0.05) is 13.8 Å². The molecule has 0 bridgehead atoms. The molecule has 1 unspecified atom stereocenters. The van der Waals surface area contributed by atoms with Crippen LogP contribution >= 0.6 is 0 Å². The number of hydrogen-bond acceptors (Lipinski definition) is 4. The number of aromatic nitrogens is 3. The second-order valence-corrected chi connectivity index (χ2v) is 3.94. The number of hydrogen-bond donors (Lipinski definition) is 1. The molecule has 1 aliphatic heterocycles. The highest BCUT2D eigenvalue weighted by Crippen LogP contribution is 2.22. The van der Waals surface area contributed by atoms with Crippen molar-refractivity contribution in [1.82, 2.24) is 14.8 Å². The van der Waals surface area contributed by atoms with Gasteiger partial charge in [0, 0.05) is 0 Å². The molecule has 0 radical (unpaired) electrons. The smallest absolute Gasteiger partial charge is 0.262 e. The Kier molecular flexibility index (Phi) is 2.06. The summed E-state index contributed by atoms with van der Waals surface area (Å²) >= 11 is 0. The highest BCUT2D eigenvalue weighted by molar-refractivity contribution is 6.10. The zero-order chi connectivity index (χ0) is 11.2. The quantitative estimate of drug-likeness (QED) is 0.680. The number of anilines is 1. The van der Waals surface area contributed by atoms with Gasteiger partial charge in [0.25, 0.3) is 5.91 Å². The molecular weight excluding hydrogens is 196 g/mol. The Balaban J connectivity index is 2.47. The van der Waals surface area contributed by atoms with Crippen LogP contribution < -0.4 is 5.32 Å². The van der Waals surface area contributed by atoms with Crippen molar-refractivity contribution < 1.29 is 9.59 Å². The van der Waals surface area contributed by atoms with E-state index in [1.54, 1.807) is 6.92 Å². The Morgan fingerprint density at radius 1 is 1.40 bits per heavy atom. The van der Waals surface area contributed by atoms with Crippen LogP contribution in [-0.2, 0) is 4.79 Å². The van der Waals surface area contributed by atoms with E-state index in [2.05, 4.69) is 15.4 Å². The van der Waals surface area contributed by atoms with E-state index in [0.29, 0.717) is 5.82 Å². The number of amides is 1. The molecule has 0 aromatic carbocycles. The number of nitrogens with one attached hydrogen (secondary N) is 1. The molecule has 0 aliphatic carbocycles. The zero-order valence-corrected chi connectivity index (χ0v) is 8.81. The summed E-state index contributed by atoms with van der Waals surface area (Å²) in [6.07, 6.45) is 0. The van der Waals surface area contributed by atoms with Gasteiger partial charge in [0.15, 0.2) is 0 Å². The molecule has 80 valence electrons. The average molecular weight is 208 g/mol. The molecule has 0 saturated carbocycles. The fourth-order valence-corrected chi connectivity index (χ4v) is 1.67. The van der Waals surface area contributed by atoms with Gasteiger partial charge < -0.3 is 0 Å². The summed E-state index contributed by atoms with van der Waals surface area (Å²) in [5, 5.41) is 6.51. The molecule has 1 atom stereocenters. The van der Waals surface area contributed by atoms with Crippen molar-refractivity contribution in [3.05, 3.63) is 5.82 Å². The summed E-state index contributed by atoms with van der Waals surface area (Å²) in [5.41, 5.74) is 0. The molecule has 1 aromatic heterocycles. The van der Waals surface area contributed by atoms with Crippen LogP contribution in [0.3, 0.4) is 0 Å². The van der Waals surface area contributed by atoms with Gasteiger partial charge in [0.05, 0.1) is 0 Å². The SMILES string of the molecule is Cc1nc2n(n1)C(=O)C(C(C)C)C(=O)N2. The van der Waals surface area contributed by atoms with Crippen LogP contribution in [0.1, 0.15) is 24.5 Å². The maximum Gasteiger partial charge on any atom is 0.262 e. The average Bonchev–Trinajstić information content (AvgIpc) is 2.45. The maximum absolute atomic E-state index is 11.9. The lowest BCUT2D eigenvalue weighted by Crippen LogP contribution is -2.42. The first kappa shape index (κ1) is 9.82. The van der Waals surface area contributed by atoms with Crippen molar-refractivity contribution in [2.45, 2.75) is 20.8 Å². The molecule has 15 heavy (non-hydrogen) atoms. The minimum absolute atomic E-state index is 0.0462. The van der Waals surface area contributed by atoms with Gasteiger partial charge in [-0.3, -0.25) is 14.9 Å². The Hall–Kier alpha value is -1.72. The number of carbonyl (C=O) groups excluding carboxylic acids is 2. The van der Waals surface area contributed by atoms with Crippen LogP contribution in [0.25, 0.3) is 0 Å². The largest absolute Gasteiger partial charge is 0.294 e. The fourth-order valence-electron chi connectivity index (χ4n) is 1.67. The lowest BCUT2D eigenvalue weighted by atomic mass is 9.93. The molecule has 1 amide bonds. The summed E-state index contributed by atoms with van der Waals surface area (Å²) in [6.45, 7) is 5.34. The van der Waals surface area contributed by atoms with Crippen molar-refractivity contribution in [2.75, 3.05) is 5.32 Å². The van der Waals surface area contributed by atoms with Gasteiger partial charge in [0.2, 0.25) is 11.9 Å². The van der Waals surface area contributed by atoms with Crippen LogP contribution in [-0.4, -0.2) is 26.6 Å². The van der Waals surface area contributed by atoms with Crippen LogP contribution in [0.5, 0.6) is 0 Å². The summed E-state index contributed by atoms with van der Waals surface area (Å²) in [7, 11) is 0. The van der Waals surface area contributed by atoms with E-state index in [1.165, 1.54) is 4.68 Å². The first-order valence-corrected chi connectivity index (χ1v) is 4.79. The second-order valence-electron chi connectivity index (χ2n) is 3.94. The number of rotatable bonds is 1. The van der Waals surface area contributed by atoms with Crippen molar-refractivity contribution in [3.63, 3.8) is 0 Å². The molecule has 1 N–H and O–H groups in total. The van der Waals surface area contributed by atoms with Crippen molar-refractivity contribution >= 4 is 17.8 Å². The van der Waals surface area contributed by atoms with E-state index in [9.17, 15) is 9.59 Å². The van der Waals surface area contributed by atoms with Gasteiger partial charge in [-0.25, -0.2) is 0 Å². The summed E-state index contributed by atoms with van der Waals surface area (Å²) in [4.78, 5) is 27.4. The first-order chi connectivity index (χ1) is 7.00. The summed E-state index contributed by atoms with van der Waals surface area (Å²) in [5.74, 6) is -0.615. The van der Waals surface area contributed by atoms with Gasteiger partial charge in [-0.15, -0.1) is 5.10 Å². The topological polar surface area (TPSA) is 76.9 Å². The summed E-state index contributed by atoms with van der Waals surface area (Å²) < 4.78 is 1.17. The van der Waals surface area contributed by atoms with E-state index >= 15 is 0 Å². The van der Waals surface area contributed by atoms with Crippen molar-refractivity contribution in [1.29, 1.82) is 0 Å². The number of nitrogens with zero attached hydrogens (tertiary/aromatic N) is 3. The normalized spacial score (nSPS) is 20.4. The monoisotopic (exact) mass is 208 g/mol. The standard InChI is InChI=1S/C9H12N4O2/c1-4(2)6-7(14)11-9-10-5(3)12-13(9)8(6)15/h4,6H,1-3H3,(H,10,11,12,14). The molecule has 0 fully saturated rings. The van der Waals surface area contributed by atoms with Gasteiger partial charge in [-0.05, 0) is 12.8 Å². The number of fused-ring (bicyclic) bond motifs is 1. The van der Waals surface area contributed by atoms with Gasteiger partial charge >= 0.3 is 0 Å². The number of carbonyl (C=O) groups is 2. The molecule has 6 nitrogen and oxygen atoms in total. The Labute approximate surface area is 86.7 Å². The molecule has 1 aromatic rings. The summed E-state index contributed by atoms with van der Waals surface area (Å²) in [6, 6.07) is 0. The molecule has 6 heteroatoms. The minimum Gasteiger partial charge on any atom is -0.294 e. The van der Waals surface area contributed by atoms with Crippen LogP contribution in [0.15, 0.2) is 0 Å². The lowest BCUT2D eigenvalue weighted by molar-refractivity contribution is -0.120. The van der Waals surface area contributed by atoms with Crippen LogP contribution in [0.2, 0.25) is 0 Å². The van der Waals surface area contributed by atoms with Crippen molar-refractivity contribution in [2.24, 2.45) is 11.8 Å². The molecule has 0 spiro atoms. The van der Waals surface area contributed by atoms with Gasteiger partial charge in [0.1, 0.15) is 11.7 Å². The minimum atomic E-state index is -0.668. The highest BCUT2D eigenvalue weighted by atomic mass is 16.2. The molecule has 2 rings (SSSR count). The Morgan fingerprint density at radius 2 is 2.07 bits per heavy atom. The van der Waals surface area contributed by atoms with E-state index in [4.69, 9.17) is 0 Å². The predicted octanol–water partition coefficient (Wildman–Crippen LogP) is 0.451.